The summed E-state index contributed by atoms with van der Waals surface area (Å²) in [7, 11) is -3.38. The molecule has 0 aliphatic carbocycles. The summed E-state index contributed by atoms with van der Waals surface area (Å²) in [6.45, 7) is 5.69. The Morgan fingerprint density at radius 3 is 2.39 bits per heavy atom. The molecule has 31 heavy (non-hydrogen) atoms. The van der Waals surface area contributed by atoms with Crippen LogP contribution in [-0.2, 0) is 33.5 Å². The van der Waals surface area contributed by atoms with Gasteiger partial charge in [-0.15, -0.1) is 0 Å². The van der Waals surface area contributed by atoms with Gasteiger partial charge in [0.15, 0.2) is 5.96 Å². The molecule has 1 aliphatic heterocycles. The first kappa shape index (κ1) is 23.2. The van der Waals surface area contributed by atoms with Gasteiger partial charge in [-0.2, -0.15) is 4.31 Å². The van der Waals surface area contributed by atoms with Gasteiger partial charge in [0.05, 0.1) is 25.5 Å². The van der Waals surface area contributed by atoms with Crippen molar-refractivity contribution in [3.63, 3.8) is 0 Å². The summed E-state index contributed by atoms with van der Waals surface area (Å²) in [5.41, 5.74) is 2.97. The molecule has 0 unspecified atom stereocenters. The number of morpholine rings is 1. The molecule has 0 saturated carbocycles. The summed E-state index contributed by atoms with van der Waals surface area (Å²) in [5.74, 6) is 0.709. The zero-order valence-corrected chi connectivity index (χ0v) is 18.9. The molecule has 7 nitrogen and oxygen atoms in total. The van der Waals surface area contributed by atoms with Crippen LogP contribution in [0.1, 0.15) is 23.6 Å². The van der Waals surface area contributed by atoms with Gasteiger partial charge in [0.1, 0.15) is 0 Å². The zero-order chi connectivity index (χ0) is 21.9. The monoisotopic (exact) mass is 444 g/mol. The van der Waals surface area contributed by atoms with Gasteiger partial charge in [-0.1, -0.05) is 54.6 Å². The van der Waals surface area contributed by atoms with E-state index < -0.39 is 10.0 Å². The number of rotatable bonds is 9. The fourth-order valence-corrected chi connectivity index (χ4v) is 5.00. The highest BCUT2D eigenvalue weighted by molar-refractivity contribution is 7.88. The van der Waals surface area contributed by atoms with Gasteiger partial charge >= 0.3 is 0 Å². The molecular weight excluding hydrogens is 412 g/mol. The molecule has 1 fully saturated rings. The van der Waals surface area contributed by atoms with E-state index in [-0.39, 0.29) is 5.75 Å². The van der Waals surface area contributed by atoms with Crippen LogP contribution in [-0.4, -0.2) is 58.1 Å². The lowest BCUT2D eigenvalue weighted by molar-refractivity contribution is 0.0729. The predicted octanol–water partition coefficient (Wildman–Crippen LogP) is 2.15. The van der Waals surface area contributed by atoms with Crippen molar-refractivity contribution in [2.24, 2.45) is 4.99 Å². The number of hydrogen-bond acceptors (Lipinski definition) is 4. The average Bonchev–Trinajstić information content (AvgIpc) is 2.79. The number of benzene rings is 2. The molecule has 0 bridgehead atoms. The summed E-state index contributed by atoms with van der Waals surface area (Å²) in [4.78, 5) is 4.68. The summed E-state index contributed by atoms with van der Waals surface area (Å²) >= 11 is 0. The summed E-state index contributed by atoms with van der Waals surface area (Å²) in [6, 6.07) is 17.9. The Hall–Kier alpha value is -2.42. The van der Waals surface area contributed by atoms with Crippen LogP contribution in [0.4, 0.5) is 0 Å². The van der Waals surface area contributed by atoms with Crippen LogP contribution in [0.2, 0.25) is 0 Å². The van der Waals surface area contributed by atoms with E-state index in [9.17, 15) is 8.42 Å². The molecule has 2 aromatic carbocycles. The largest absolute Gasteiger partial charge is 0.379 e. The van der Waals surface area contributed by atoms with E-state index >= 15 is 0 Å². The number of sulfonamides is 1. The van der Waals surface area contributed by atoms with Gasteiger partial charge in [-0.05, 0) is 30.0 Å². The molecule has 8 heteroatoms. The van der Waals surface area contributed by atoms with Gasteiger partial charge in [-0.3, -0.25) is 0 Å². The zero-order valence-electron chi connectivity index (χ0n) is 18.1. The summed E-state index contributed by atoms with van der Waals surface area (Å²) in [5, 5.41) is 6.61. The molecule has 0 radical (unpaired) electrons. The first-order valence-electron chi connectivity index (χ1n) is 10.8. The first-order chi connectivity index (χ1) is 15.1. The van der Waals surface area contributed by atoms with Crippen LogP contribution in [0.5, 0.6) is 0 Å². The van der Waals surface area contributed by atoms with Crippen molar-refractivity contribution in [2.45, 2.75) is 25.6 Å². The summed E-state index contributed by atoms with van der Waals surface area (Å²) < 4.78 is 32.5. The molecule has 0 aromatic heterocycles. The molecule has 1 saturated heterocycles. The van der Waals surface area contributed by atoms with Crippen molar-refractivity contribution in [2.75, 3.05) is 39.4 Å². The minimum absolute atomic E-state index is 0.0172. The third kappa shape index (κ3) is 7.34. The molecule has 2 N–H and O–H groups in total. The maximum Gasteiger partial charge on any atom is 0.218 e. The second kappa shape index (κ2) is 11.8. The lowest BCUT2D eigenvalue weighted by Gasteiger charge is -2.26. The number of nitrogens with zero attached hydrogens (tertiary/aromatic N) is 2. The Morgan fingerprint density at radius 1 is 1.00 bits per heavy atom. The molecule has 1 heterocycles. The lowest BCUT2D eigenvalue weighted by atomic mass is 10.1. The predicted molar refractivity (Wildman–Crippen MR) is 124 cm³/mol. The molecule has 2 aromatic rings. The SMILES string of the molecule is CCNC(=NCc1ccccc1CS(=O)(=O)N1CCOCC1)NCCc1ccccc1. The van der Waals surface area contributed by atoms with Crippen LogP contribution in [0.25, 0.3) is 0 Å². The number of nitrogens with one attached hydrogen (secondary N) is 2. The van der Waals surface area contributed by atoms with Crippen molar-refractivity contribution in [3.8, 4) is 0 Å². The van der Waals surface area contributed by atoms with Gasteiger partial charge in [0, 0.05) is 26.2 Å². The molecule has 0 amide bonds. The first-order valence-corrected chi connectivity index (χ1v) is 12.4. The van der Waals surface area contributed by atoms with Gasteiger partial charge in [0.25, 0.3) is 0 Å². The third-order valence-corrected chi connectivity index (χ3v) is 6.95. The van der Waals surface area contributed by atoms with E-state index in [0.717, 1.165) is 36.6 Å². The highest BCUT2D eigenvalue weighted by Crippen LogP contribution is 2.17. The normalized spacial score (nSPS) is 15.6. The van der Waals surface area contributed by atoms with E-state index in [1.165, 1.54) is 9.87 Å². The second-order valence-electron chi connectivity index (χ2n) is 7.39. The van der Waals surface area contributed by atoms with E-state index in [1.807, 2.05) is 49.4 Å². The number of aliphatic imine (C=N–C) groups is 1. The fourth-order valence-electron chi connectivity index (χ4n) is 3.44. The Kier molecular flexibility index (Phi) is 8.87. The van der Waals surface area contributed by atoms with Gasteiger partial charge in [-0.25, -0.2) is 13.4 Å². The van der Waals surface area contributed by atoms with Crippen LogP contribution in [0.3, 0.4) is 0 Å². The Morgan fingerprint density at radius 2 is 1.68 bits per heavy atom. The lowest BCUT2D eigenvalue weighted by Crippen LogP contribution is -2.41. The van der Waals surface area contributed by atoms with E-state index in [2.05, 4.69) is 27.8 Å². The second-order valence-corrected chi connectivity index (χ2v) is 9.36. The van der Waals surface area contributed by atoms with Crippen LogP contribution in [0, 0.1) is 0 Å². The average molecular weight is 445 g/mol. The van der Waals surface area contributed by atoms with Crippen molar-refractivity contribution < 1.29 is 13.2 Å². The smallest absolute Gasteiger partial charge is 0.218 e. The van der Waals surface area contributed by atoms with Crippen molar-refractivity contribution in [1.82, 2.24) is 14.9 Å². The van der Waals surface area contributed by atoms with Crippen molar-refractivity contribution >= 4 is 16.0 Å². The standard InChI is InChI=1S/C23H32N4O3S/c1-2-24-23(25-13-12-20-8-4-3-5-9-20)26-18-21-10-6-7-11-22(21)19-31(28,29)27-14-16-30-17-15-27/h3-11H,2,12-19H2,1H3,(H2,24,25,26). The van der Waals surface area contributed by atoms with E-state index in [1.54, 1.807) is 0 Å². The third-order valence-electron chi connectivity index (χ3n) is 5.12. The Labute approximate surface area is 185 Å². The molecule has 1 aliphatic rings. The van der Waals surface area contributed by atoms with Crippen LogP contribution < -0.4 is 10.6 Å². The number of hydrogen-bond donors (Lipinski definition) is 2. The topological polar surface area (TPSA) is 83.0 Å². The van der Waals surface area contributed by atoms with Gasteiger partial charge in [0.2, 0.25) is 10.0 Å². The maximum atomic E-state index is 12.8. The Bertz CT molecular complexity index is 942. The molecule has 0 atom stereocenters. The maximum absolute atomic E-state index is 12.8. The van der Waals surface area contributed by atoms with Crippen LogP contribution >= 0.6 is 0 Å². The quantitative estimate of drug-likeness (QED) is 0.457. The molecule has 0 spiro atoms. The summed E-state index contributed by atoms with van der Waals surface area (Å²) in [6.07, 6.45) is 0.902. The minimum atomic E-state index is -3.38. The van der Waals surface area contributed by atoms with Crippen LogP contribution in [0.15, 0.2) is 59.6 Å². The minimum Gasteiger partial charge on any atom is -0.379 e. The highest BCUT2D eigenvalue weighted by Gasteiger charge is 2.25. The van der Waals surface area contributed by atoms with Crippen molar-refractivity contribution in [1.29, 1.82) is 0 Å². The fraction of sp³-hybridized carbons (Fsp3) is 0.435. The molecule has 3 rings (SSSR count). The molecule has 168 valence electrons. The highest BCUT2D eigenvalue weighted by atomic mass is 32.2. The van der Waals surface area contributed by atoms with E-state index in [0.29, 0.717) is 32.8 Å². The van der Waals surface area contributed by atoms with Gasteiger partial charge < -0.3 is 15.4 Å². The Balaban J connectivity index is 1.63. The number of ether oxygens (including phenoxy) is 1. The molecular formula is C23H32N4O3S. The number of guanidine groups is 1. The van der Waals surface area contributed by atoms with Crippen molar-refractivity contribution in [3.05, 3.63) is 71.3 Å². The van der Waals surface area contributed by atoms with E-state index in [4.69, 9.17) is 4.74 Å².